The Kier molecular flexibility index (Phi) is 5.28. The molecular formula is C15H15FN2O4S. The number of rotatable bonds is 6. The van der Waals surface area contributed by atoms with Crippen LogP contribution < -0.4 is 10.1 Å². The summed E-state index contributed by atoms with van der Waals surface area (Å²) in [4.78, 5) is 27.1. The highest BCUT2D eigenvalue weighted by molar-refractivity contribution is 7.13. The van der Waals surface area contributed by atoms with Crippen molar-refractivity contribution >= 4 is 23.2 Å². The Morgan fingerprint density at radius 1 is 1.43 bits per heavy atom. The molecule has 2 rings (SSSR count). The van der Waals surface area contributed by atoms with Crippen LogP contribution >= 0.6 is 11.3 Å². The quantitative estimate of drug-likeness (QED) is 0.845. The zero-order valence-electron chi connectivity index (χ0n) is 12.5. The van der Waals surface area contributed by atoms with Gasteiger partial charge in [0.15, 0.2) is 18.2 Å². The van der Waals surface area contributed by atoms with Gasteiger partial charge in [-0.25, -0.2) is 14.2 Å². The van der Waals surface area contributed by atoms with Crippen LogP contribution in [0.25, 0.3) is 0 Å². The molecule has 0 fully saturated rings. The van der Waals surface area contributed by atoms with Gasteiger partial charge in [-0.1, -0.05) is 12.1 Å². The second-order valence-corrected chi connectivity index (χ2v) is 5.81. The molecule has 1 atom stereocenters. The molecule has 1 heterocycles. The zero-order valence-corrected chi connectivity index (χ0v) is 13.3. The van der Waals surface area contributed by atoms with Crippen LogP contribution in [0.3, 0.4) is 0 Å². The summed E-state index contributed by atoms with van der Waals surface area (Å²) >= 11 is 1.01. The molecular weight excluding hydrogens is 323 g/mol. The van der Waals surface area contributed by atoms with Gasteiger partial charge in [-0.05, 0) is 26.0 Å². The lowest BCUT2D eigenvalue weighted by Gasteiger charge is -2.12. The van der Waals surface area contributed by atoms with Crippen LogP contribution in [-0.2, 0) is 4.79 Å². The van der Waals surface area contributed by atoms with Crippen molar-refractivity contribution in [2.45, 2.75) is 19.9 Å². The van der Waals surface area contributed by atoms with E-state index in [4.69, 9.17) is 9.84 Å². The summed E-state index contributed by atoms with van der Waals surface area (Å²) < 4.78 is 18.5. The van der Waals surface area contributed by atoms with E-state index >= 15 is 0 Å². The van der Waals surface area contributed by atoms with Crippen LogP contribution in [0.5, 0.6) is 5.75 Å². The van der Waals surface area contributed by atoms with Gasteiger partial charge in [0.05, 0.1) is 11.7 Å². The monoisotopic (exact) mass is 338 g/mol. The van der Waals surface area contributed by atoms with Crippen molar-refractivity contribution in [2.75, 3.05) is 6.61 Å². The minimum atomic E-state index is -1.05. The third kappa shape index (κ3) is 4.26. The van der Waals surface area contributed by atoms with E-state index < -0.39 is 23.7 Å². The lowest BCUT2D eigenvalue weighted by molar-refractivity contribution is -0.123. The van der Waals surface area contributed by atoms with E-state index in [9.17, 15) is 14.0 Å². The number of nitrogens with one attached hydrogen (secondary N) is 1. The fraction of sp³-hybridized carbons (Fsp3) is 0.267. The first-order valence-corrected chi connectivity index (χ1v) is 7.57. The first-order valence-electron chi connectivity index (χ1n) is 6.75. The predicted octanol–water partition coefficient (Wildman–Crippen LogP) is 2.55. The average Bonchev–Trinajstić information content (AvgIpc) is 2.89. The van der Waals surface area contributed by atoms with E-state index in [1.165, 1.54) is 18.2 Å². The first kappa shape index (κ1) is 16.9. The smallest absolute Gasteiger partial charge is 0.347 e. The van der Waals surface area contributed by atoms with Crippen LogP contribution in [0, 0.1) is 12.7 Å². The molecule has 122 valence electrons. The Morgan fingerprint density at radius 3 is 2.74 bits per heavy atom. The number of amides is 1. The van der Waals surface area contributed by atoms with Crippen molar-refractivity contribution in [1.29, 1.82) is 0 Å². The lowest BCUT2D eigenvalue weighted by Crippen LogP contribution is -2.31. The van der Waals surface area contributed by atoms with Gasteiger partial charge in [0.1, 0.15) is 9.88 Å². The highest BCUT2D eigenvalue weighted by Gasteiger charge is 2.19. The number of carbonyl (C=O) groups is 2. The molecule has 1 aromatic carbocycles. The van der Waals surface area contributed by atoms with E-state index in [1.807, 2.05) is 0 Å². The molecule has 0 spiro atoms. The molecule has 0 aliphatic heterocycles. The molecule has 0 bridgehead atoms. The fourth-order valence-electron chi connectivity index (χ4n) is 1.85. The summed E-state index contributed by atoms with van der Waals surface area (Å²) in [5, 5.41) is 12.1. The fourth-order valence-corrected chi connectivity index (χ4v) is 2.76. The van der Waals surface area contributed by atoms with Crippen LogP contribution in [0.2, 0.25) is 0 Å². The van der Waals surface area contributed by atoms with E-state index in [2.05, 4.69) is 10.3 Å². The molecule has 1 unspecified atom stereocenters. The highest BCUT2D eigenvalue weighted by Crippen LogP contribution is 2.23. The van der Waals surface area contributed by atoms with Gasteiger partial charge in [0.2, 0.25) is 0 Å². The van der Waals surface area contributed by atoms with Gasteiger partial charge >= 0.3 is 5.97 Å². The molecule has 1 amide bonds. The number of para-hydroxylation sites is 1. The molecule has 0 aliphatic rings. The predicted molar refractivity (Wildman–Crippen MR) is 82.3 cm³/mol. The van der Waals surface area contributed by atoms with Crippen molar-refractivity contribution in [3.63, 3.8) is 0 Å². The molecule has 0 saturated carbocycles. The van der Waals surface area contributed by atoms with Crippen LogP contribution in [-0.4, -0.2) is 28.6 Å². The Bertz CT molecular complexity index is 732. The number of aryl methyl sites for hydroxylation is 1. The number of carbonyl (C=O) groups excluding carboxylic acids is 1. The summed E-state index contributed by atoms with van der Waals surface area (Å²) in [5.74, 6) is -2.05. The molecule has 2 aromatic rings. The SMILES string of the molecule is Cc1nc(C(C)NC(=O)COc2ccccc2F)sc1C(=O)O. The van der Waals surface area contributed by atoms with E-state index in [1.54, 1.807) is 19.9 Å². The summed E-state index contributed by atoms with van der Waals surface area (Å²) in [6.45, 7) is 2.94. The van der Waals surface area contributed by atoms with E-state index in [-0.39, 0.29) is 17.2 Å². The summed E-state index contributed by atoms with van der Waals surface area (Å²) in [7, 11) is 0. The van der Waals surface area contributed by atoms with Gasteiger partial charge in [-0.3, -0.25) is 4.79 Å². The minimum Gasteiger partial charge on any atom is -0.481 e. The molecule has 0 aliphatic carbocycles. The topological polar surface area (TPSA) is 88.5 Å². The number of carboxylic acids is 1. The van der Waals surface area contributed by atoms with E-state index in [0.717, 1.165) is 11.3 Å². The van der Waals surface area contributed by atoms with Crippen LogP contribution in [0.4, 0.5) is 4.39 Å². The maximum absolute atomic E-state index is 13.4. The Hall–Kier alpha value is -2.48. The molecule has 23 heavy (non-hydrogen) atoms. The molecule has 8 heteroatoms. The summed E-state index contributed by atoms with van der Waals surface area (Å²) in [6, 6.07) is 5.32. The summed E-state index contributed by atoms with van der Waals surface area (Å²) in [6.07, 6.45) is 0. The molecule has 0 radical (unpaired) electrons. The third-order valence-corrected chi connectivity index (χ3v) is 4.28. The maximum Gasteiger partial charge on any atom is 0.347 e. The first-order chi connectivity index (χ1) is 10.9. The van der Waals surface area contributed by atoms with Crippen molar-refractivity contribution < 1.29 is 23.8 Å². The molecule has 2 N–H and O–H groups in total. The second-order valence-electron chi connectivity index (χ2n) is 4.78. The number of nitrogens with zero attached hydrogens (tertiary/aromatic N) is 1. The second kappa shape index (κ2) is 7.19. The number of carboxylic acid groups (broad SMARTS) is 1. The van der Waals surface area contributed by atoms with Crippen molar-refractivity contribution in [1.82, 2.24) is 10.3 Å². The molecule has 0 saturated heterocycles. The number of benzene rings is 1. The number of ether oxygens (including phenoxy) is 1. The van der Waals surface area contributed by atoms with Gasteiger partial charge in [0.25, 0.3) is 5.91 Å². The number of thiazole rings is 1. The normalized spacial score (nSPS) is 11.8. The zero-order chi connectivity index (χ0) is 17.0. The Labute approximate surface area is 135 Å². The summed E-state index contributed by atoms with van der Waals surface area (Å²) in [5.41, 5.74) is 0.404. The number of aromatic nitrogens is 1. The number of halogens is 1. The number of hydrogen-bond donors (Lipinski definition) is 2. The Morgan fingerprint density at radius 2 is 2.13 bits per heavy atom. The van der Waals surface area contributed by atoms with Crippen molar-refractivity contribution in [3.05, 3.63) is 45.7 Å². The van der Waals surface area contributed by atoms with Gasteiger partial charge in [-0.15, -0.1) is 11.3 Å². The standard InChI is InChI=1S/C15H15FN2O4S/c1-8-13(15(20)21)23-14(18-8)9(2)17-12(19)7-22-11-6-4-3-5-10(11)16/h3-6,9H,7H2,1-2H3,(H,17,19)(H,20,21). The van der Waals surface area contributed by atoms with Crippen LogP contribution in [0.1, 0.15) is 33.3 Å². The maximum atomic E-state index is 13.4. The van der Waals surface area contributed by atoms with E-state index in [0.29, 0.717) is 10.7 Å². The van der Waals surface area contributed by atoms with Crippen LogP contribution in [0.15, 0.2) is 24.3 Å². The molecule has 6 nitrogen and oxygen atoms in total. The average molecular weight is 338 g/mol. The van der Waals surface area contributed by atoms with Gasteiger partial charge < -0.3 is 15.2 Å². The Balaban J connectivity index is 1.93. The van der Waals surface area contributed by atoms with Crippen molar-refractivity contribution in [2.24, 2.45) is 0 Å². The molecule has 1 aromatic heterocycles. The minimum absolute atomic E-state index is 0.00596. The van der Waals surface area contributed by atoms with Gasteiger partial charge in [0, 0.05) is 0 Å². The third-order valence-electron chi connectivity index (χ3n) is 2.95. The van der Waals surface area contributed by atoms with Crippen molar-refractivity contribution in [3.8, 4) is 5.75 Å². The highest BCUT2D eigenvalue weighted by atomic mass is 32.1. The lowest BCUT2D eigenvalue weighted by atomic mass is 10.3. The van der Waals surface area contributed by atoms with Gasteiger partial charge in [-0.2, -0.15) is 0 Å². The number of hydrogen-bond acceptors (Lipinski definition) is 5. The number of aromatic carboxylic acids is 1. The largest absolute Gasteiger partial charge is 0.481 e.